The zero-order chi connectivity index (χ0) is 17.9. The van der Waals surface area contributed by atoms with E-state index >= 15 is 0 Å². The number of nitrogens with one attached hydrogen (secondary N) is 1. The highest BCUT2D eigenvalue weighted by molar-refractivity contribution is 7.89. The van der Waals surface area contributed by atoms with Gasteiger partial charge in [0.25, 0.3) is 5.91 Å². The second-order valence-corrected chi connectivity index (χ2v) is 8.85. The average molecular weight is 380 g/mol. The molecule has 1 aromatic heterocycles. The number of hydrogen-bond acceptors (Lipinski definition) is 5. The highest BCUT2D eigenvalue weighted by atomic mass is 32.2. The second-order valence-electron chi connectivity index (χ2n) is 6.05. The SMILES string of the molecule is N[C@@H]1CCN(C(=O)c2ccc(S(=O)(=O)NCCc3cccs3)cc2)C1. The van der Waals surface area contributed by atoms with E-state index in [0.29, 0.717) is 31.6 Å². The molecule has 0 bridgehead atoms. The van der Waals surface area contributed by atoms with E-state index in [1.807, 2.05) is 17.5 Å². The van der Waals surface area contributed by atoms with Gasteiger partial charge in [-0.2, -0.15) is 0 Å². The lowest BCUT2D eigenvalue weighted by atomic mass is 10.2. The number of benzene rings is 1. The van der Waals surface area contributed by atoms with E-state index in [1.54, 1.807) is 28.4 Å². The summed E-state index contributed by atoms with van der Waals surface area (Å²) in [7, 11) is -3.57. The van der Waals surface area contributed by atoms with Gasteiger partial charge >= 0.3 is 0 Å². The van der Waals surface area contributed by atoms with E-state index in [2.05, 4.69) is 4.72 Å². The van der Waals surface area contributed by atoms with Crippen LogP contribution in [0.3, 0.4) is 0 Å². The Balaban J connectivity index is 1.61. The highest BCUT2D eigenvalue weighted by Gasteiger charge is 2.24. The summed E-state index contributed by atoms with van der Waals surface area (Å²) in [6, 6.07) is 9.99. The molecule has 2 heterocycles. The van der Waals surface area contributed by atoms with Gasteiger partial charge in [-0.1, -0.05) is 6.07 Å². The van der Waals surface area contributed by atoms with E-state index in [0.717, 1.165) is 11.3 Å². The van der Waals surface area contributed by atoms with Gasteiger partial charge in [0.05, 0.1) is 4.90 Å². The van der Waals surface area contributed by atoms with Crippen LogP contribution >= 0.6 is 11.3 Å². The van der Waals surface area contributed by atoms with Crippen molar-refractivity contribution in [2.24, 2.45) is 5.73 Å². The molecule has 1 aromatic carbocycles. The summed E-state index contributed by atoms with van der Waals surface area (Å²) in [6.45, 7) is 1.53. The molecule has 1 atom stereocenters. The Morgan fingerprint density at radius 1 is 1.28 bits per heavy atom. The standard InChI is InChI=1S/C17H21N3O3S2/c18-14-8-10-20(12-14)17(21)13-3-5-16(6-4-13)25(22,23)19-9-7-15-2-1-11-24-15/h1-6,11,14,19H,7-10,12,18H2/t14-/m1/s1. The Morgan fingerprint density at radius 2 is 2.04 bits per heavy atom. The molecule has 0 spiro atoms. The van der Waals surface area contributed by atoms with Crippen molar-refractivity contribution in [3.63, 3.8) is 0 Å². The molecule has 8 heteroatoms. The Bertz CT molecular complexity index is 817. The molecule has 1 saturated heterocycles. The molecule has 1 aliphatic heterocycles. The Labute approximate surface area is 151 Å². The van der Waals surface area contributed by atoms with Crippen LogP contribution in [0.5, 0.6) is 0 Å². The molecule has 0 unspecified atom stereocenters. The molecule has 3 rings (SSSR count). The Hall–Kier alpha value is -1.74. The summed E-state index contributed by atoms with van der Waals surface area (Å²) in [5.74, 6) is -0.109. The van der Waals surface area contributed by atoms with Crippen LogP contribution in [0, 0.1) is 0 Å². The zero-order valence-corrected chi connectivity index (χ0v) is 15.4. The van der Waals surface area contributed by atoms with Crippen LogP contribution in [0.4, 0.5) is 0 Å². The van der Waals surface area contributed by atoms with Gasteiger partial charge in [0.2, 0.25) is 10.0 Å². The fourth-order valence-corrected chi connectivity index (χ4v) is 4.52. The number of nitrogens with zero attached hydrogens (tertiary/aromatic N) is 1. The largest absolute Gasteiger partial charge is 0.337 e. The maximum absolute atomic E-state index is 12.4. The van der Waals surface area contributed by atoms with Crippen LogP contribution in [0.15, 0.2) is 46.7 Å². The fraction of sp³-hybridized carbons (Fsp3) is 0.353. The normalized spacial score (nSPS) is 17.8. The van der Waals surface area contributed by atoms with E-state index in [9.17, 15) is 13.2 Å². The molecular formula is C17H21N3O3S2. The predicted octanol–water partition coefficient (Wildman–Crippen LogP) is 1.44. The number of amides is 1. The molecule has 25 heavy (non-hydrogen) atoms. The third-order valence-electron chi connectivity index (χ3n) is 4.17. The summed E-state index contributed by atoms with van der Waals surface area (Å²) in [4.78, 5) is 15.4. The lowest BCUT2D eigenvalue weighted by Gasteiger charge is -2.16. The molecular weight excluding hydrogens is 358 g/mol. The van der Waals surface area contributed by atoms with Gasteiger partial charge in [0.1, 0.15) is 0 Å². The molecule has 6 nitrogen and oxygen atoms in total. The minimum atomic E-state index is -3.57. The van der Waals surface area contributed by atoms with Crippen LogP contribution in [0.25, 0.3) is 0 Å². The average Bonchev–Trinajstić information content (AvgIpc) is 3.26. The lowest BCUT2D eigenvalue weighted by molar-refractivity contribution is 0.0791. The number of carbonyl (C=O) groups excluding carboxylic acids is 1. The van der Waals surface area contributed by atoms with Gasteiger partial charge in [-0.25, -0.2) is 13.1 Å². The maximum atomic E-state index is 12.4. The summed E-state index contributed by atoms with van der Waals surface area (Å²) in [5.41, 5.74) is 6.30. The smallest absolute Gasteiger partial charge is 0.253 e. The van der Waals surface area contributed by atoms with E-state index in [1.165, 1.54) is 12.1 Å². The minimum absolute atomic E-state index is 0.0242. The quantitative estimate of drug-likeness (QED) is 0.794. The van der Waals surface area contributed by atoms with Crippen LogP contribution in [0.1, 0.15) is 21.7 Å². The molecule has 2 aromatic rings. The molecule has 0 radical (unpaired) electrons. The zero-order valence-electron chi connectivity index (χ0n) is 13.7. The topological polar surface area (TPSA) is 92.5 Å². The first kappa shape index (κ1) is 18.1. The fourth-order valence-electron chi connectivity index (χ4n) is 2.78. The van der Waals surface area contributed by atoms with Crippen molar-refractivity contribution < 1.29 is 13.2 Å². The first-order valence-electron chi connectivity index (χ1n) is 8.13. The Kier molecular flexibility index (Phi) is 5.53. The van der Waals surface area contributed by atoms with Crippen molar-refractivity contribution in [2.45, 2.75) is 23.8 Å². The van der Waals surface area contributed by atoms with E-state index in [4.69, 9.17) is 5.73 Å². The van der Waals surface area contributed by atoms with Gasteiger partial charge in [-0.3, -0.25) is 4.79 Å². The number of sulfonamides is 1. The third kappa shape index (κ3) is 4.46. The molecule has 134 valence electrons. The number of likely N-dealkylation sites (tertiary alicyclic amines) is 1. The number of nitrogens with two attached hydrogens (primary N) is 1. The molecule has 1 amide bonds. The van der Waals surface area contributed by atoms with Crippen LogP contribution < -0.4 is 10.5 Å². The summed E-state index contributed by atoms with van der Waals surface area (Å²) < 4.78 is 27.2. The first-order chi connectivity index (χ1) is 12.0. The first-order valence-corrected chi connectivity index (χ1v) is 10.5. The highest BCUT2D eigenvalue weighted by Crippen LogP contribution is 2.16. The summed E-state index contributed by atoms with van der Waals surface area (Å²) >= 11 is 1.60. The van der Waals surface area contributed by atoms with E-state index in [-0.39, 0.29) is 16.8 Å². The predicted molar refractivity (Wildman–Crippen MR) is 98.1 cm³/mol. The van der Waals surface area contributed by atoms with Gasteiger partial charge in [-0.05, 0) is 48.6 Å². The summed E-state index contributed by atoms with van der Waals surface area (Å²) in [5, 5.41) is 1.97. The third-order valence-corrected chi connectivity index (χ3v) is 6.58. The van der Waals surface area contributed by atoms with Crippen molar-refractivity contribution in [3.05, 3.63) is 52.2 Å². The van der Waals surface area contributed by atoms with Crippen molar-refractivity contribution in [3.8, 4) is 0 Å². The number of carbonyl (C=O) groups is 1. The molecule has 0 saturated carbocycles. The maximum Gasteiger partial charge on any atom is 0.253 e. The molecule has 3 N–H and O–H groups in total. The van der Waals surface area contributed by atoms with Crippen LogP contribution in [0.2, 0.25) is 0 Å². The minimum Gasteiger partial charge on any atom is -0.337 e. The van der Waals surface area contributed by atoms with Crippen molar-refractivity contribution in [1.29, 1.82) is 0 Å². The van der Waals surface area contributed by atoms with Crippen molar-refractivity contribution >= 4 is 27.3 Å². The number of thiophene rings is 1. The molecule has 0 aliphatic carbocycles. The second kappa shape index (κ2) is 7.65. The number of rotatable bonds is 6. The van der Waals surface area contributed by atoms with Gasteiger partial charge in [-0.15, -0.1) is 11.3 Å². The van der Waals surface area contributed by atoms with Crippen LogP contribution in [-0.4, -0.2) is 44.9 Å². The Morgan fingerprint density at radius 3 is 2.64 bits per heavy atom. The van der Waals surface area contributed by atoms with Crippen LogP contribution in [-0.2, 0) is 16.4 Å². The number of hydrogen-bond donors (Lipinski definition) is 2. The van der Waals surface area contributed by atoms with Gasteiger partial charge in [0, 0.05) is 36.1 Å². The van der Waals surface area contributed by atoms with E-state index < -0.39 is 10.0 Å². The van der Waals surface area contributed by atoms with Gasteiger partial charge < -0.3 is 10.6 Å². The monoisotopic (exact) mass is 379 g/mol. The van der Waals surface area contributed by atoms with Crippen molar-refractivity contribution in [2.75, 3.05) is 19.6 Å². The molecule has 1 fully saturated rings. The lowest BCUT2D eigenvalue weighted by Crippen LogP contribution is -2.32. The van der Waals surface area contributed by atoms with Gasteiger partial charge in [0.15, 0.2) is 0 Å². The summed E-state index contributed by atoms with van der Waals surface area (Å²) in [6.07, 6.45) is 1.45. The molecule has 1 aliphatic rings. The van der Waals surface area contributed by atoms with Crippen molar-refractivity contribution in [1.82, 2.24) is 9.62 Å².